The molecule has 1 aliphatic carbocycles. The highest BCUT2D eigenvalue weighted by Crippen LogP contribution is 2.48. The number of carbonyl (C=O) groups is 1. The summed E-state index contributed by atoms with van der Waals surface area (Å²) >= 11 is 0. The van der Waals surface area contributed by atoms with Crippen LogP contribution in [0.15, 0.2) is 0 Å². The highest BCUT2D eigenvalue weighted by atomic mass is 35.5. The first-order valence-corrected chi connectivity index (χ1v) is 6.66. The molecule has 0 aliphatic heterocycles. The molecule has 0 saturated heterocycles. The van der Waals surface area contributed by atoms with E-state index >= 15 is 0 Å². The molecule has 3 N–H and O–H groups in total. The molecule has 0 spiro atoms. The maximum atomic E-state index is 11.7. The van der Waals surface area contributed by atoms with Crippen molar-refractivity contribution in [3.05, 3.63) is 0 Å². The van der Waals surface area contributed by atoms with Crippen molar-refractivity contribution >= 4 is 18.3 Å². The fraction of sp³-hybridized carbons (Fsp3) is 0.923. The molecule has 5 heteroatoms. The van der Waals surface area contributed by atoms with Gasteiger partial charge in [0.05, 0.1) is 6.10 Å². The van der Waals surface area contributed by atoms with E-state index in [0.29, 0.717) is 13.0 Å². The normalized spacial score (nSPS) is 24.9. The lowest BCUT2D eigenvalue weighted by molar-refractivity contribution is -0.141. The van der Waals surface area contributed by atoms with Gasteiger partial charge in [-0.25, -0.2) is 0 Å². The Kier molecular flexibility index (Phi) is 7.83. The van der Waals surface area contributed by atoms with Gasteiger partial charge >= 0.3 is 0 Å². The number of amides is 1. The summed E-state index contributed by atoms with van der Waals surface area (Å²) in [5.74, 6) is 0.126. The zero-order valence-electron chi connectivity index (χ0n) is 11.7. The second kappa shape index (κ2) is 7.97. The number of nitrogens with one attached hydrogen (secondary N) is 1. The molecular weight excluding hydrogens is 252 g/mol. The van der Waals surface area contributed by atoms with Crippen molar-refractivity contribution < 1.29 is 9.53 Å². The minimum absolute atomic E-state index is 0. The summed E-state index contributed by atoms with van der Waals surface area (Å²) in [6.07, 6.45) is 4.61. The van der Waals surface area contributed by atoms with Crippen molar-refractivity contribution in [2.24, 2.45) is 11.1 Å². The first-order valence-electron chi connectivity index (χ1n) is 6.66. The van der Waals surface area contributed by atoms with Gasteiger partial charge in [-0.15, -0.1) is 12.4 Å². The standard InChI is InChI=1S/C13H26N2O2.ClH/c1-4-13(5-2)10(9-11(13)17-3)15-12(16)7-6-8-14;/h10-11H,4-9,14H2,1-3H3,(H,15,16);1H. The van der Waals surface area contributed by atoms with Gasteiger partial charge in [0.1, 0.15) is 0 Å². The van der Waals surface area contributed by atoms with Crippen LogP contribution in [0.1, 0.15) is 46.0 Å². The van der Waals surface area contributed by atoms with E-state index in [2.05, 4.69) is 19.2 Å². The molecule has 0 bridgehead atoms. The molecule has 108 valence electrons. The number of halogens is 1. The van der Waals surface area contributed by atoms with Crippen molar-refractivity contribution in [1.29, 1.82) is 0 Å². The van der Waals surface area contributed by atoms with Crippen molar-refractivity contribution in [2.45, 2.75) is 58.1 Å². The topological polar surface area (TPSA) is 64.4 Å². The quantitative estimate of drug-likeness (QED) is 0.747. The Hall–Kier alpha value is -0.320. The molecule has 0 heterocycles. The van der Waals surface area contributed by atoms with Gasteiger partial charge in [-0.05, 0) is 32.2 Å². The predicted octanol–water partition coefficient (Wildman–Crippen LogP) is 1.86. The summed E-state index contributed by atoms with van der Waals surface area (Å²) in [6, 6.07) is 0.271. The Morgan fingerprint density at radius 3 is 2.50 bits per heavy atom. The highest BCUT2D eigenvalue weighted by molar-refractivity contribution is 5.85. The molecule has 0 radical (unpaired) electrons. The molecule has 0 aromatic heterocycles. The number of methoxy groups -OCH3 is 1. The molecule has 1 fully saturated rings. The van der Waals surface area contributed by atoms with Crippen molar-refractivity contribution in [3.63, 3.8) is 0 Å². The molecule has 1 aliphatic rings. The minimum Gasteiger partial charge on any atom is -0.381 e. The Bertz CT molecular complexity index is 257. The third kappa shape index (κ3) is 3.37. The molecule has 0 aromatic carbocycles. The van der Waals surface area contributed by atoms with Crippen molar-refractivity contribution in [3.8, 4) is 0 Å². The molecule has 18 heavy (non-hydrogen) atoms. The smallest absolute Gasteiger partial charge is 0.220 e. The second-order valence-electron chi connectivity index (χ2n) is 4.91. The minimum atomic E-state index is 0. The summed E-state index contributed by atoms with van der Waals surface area (Å²) in [6.45, 7) is 4.92. The Morgan fingerprint density at radius 1 is 1.44 bits per heavy atom. The summed E-state index contributed by atoms with van der Waals surface area (Å²) in [5, 5.41) is 3.13. The Morgan fingerprint density at radius 2 is 2.06 bits per heavy atom. The highest BCUT2D eigenvalue weighted by Gasteiger charge is 2.53. The summed E-state index contributed by atoms with van der Waals surface area (Å²) in [4.78, 5) is 11.7. The van der Waals surface area contributed by atoms with Crippen LogP contribution in [0, 0.1) is 5.41 Å². The predicted molar refractivity (Wildman–Crippen MR) is 75.9 cm³/mol. The van der Waals surface area contributed by atoms with Gasteiger partial charge in [-0.1, -0.05) is 13.8 Å². The lowest BCUT2D eigenvalue weighted by Gasteiger charge is -2.55. The first-order chi connectivity index (χ1) is 8.14. The monoisotopic (exact) mass is 278 g/mol. The Labute approximate surface area is 116 Å². The van der Waals surface area contributed by atoms with Gasteiger partial charge in [-0.3, -0.25) is 4.79 Å². The SMILES string of the molecule is CCC1(CC)C(NC(=O)CCCN)CC1OC.Cl. The van der Waals surface area contributed by atoms with Gasteiger partial charge in [0.2, 0.25) is 5.91 Å². The van der Waals surface area contributed by atoms with Crippen molar-refractivity contribution in [2.75, 3.05) is 13.7 Å². The average molecular weight is 279 g/mol. The second-order valence-corrected chi connectivity index (χ2v) is 4.91. The van der Waals surface area contributed by atoms with Gasteiger partial charge in [0.15, 0.2) is 0 Å². The van der Waals surface area contributed by atoms with E-state index in [1.165, 1.54) is 0 Å². The molecule has 2 atom stereocenters. The number of nitrogens with two attached hydrogens (primary N) is 1. The van der Waals surface area contributed by atoms with E-state index < -0.39 is 0 Å². The van der Waals surface area contributed by atoms with Crippen LogP contribution in [0.3, 0.4) is 0 Å². The van der Waals surface area contributed by atoms with Crippen LogP contribution < -0.4 is 11.1 Å². The zero-order chi connectivity index (χ0) is 12.9. The Balaban J connectivity index is 0.00000289. The molecule has 1 rings (SSSR count). The third-order valence-corrected chi connectivity index (χ3v) is 4.33. The molecule has 1 amide bonds. The lowest BCUT2D eigenvalue weighted by atomic mass is 9.58. The van der Waals surface area contributed by atoms with E-state index in [0.717, 1.165) is 25.7 Å². The van der Waals surface area contributed by atoms with Crippen LogP contribution in [0.5, 0.6) is 0 Å². The molecule has 1 saturated carbocycles. The van der Waals surface area contributed by atoms with Crippen LogP contribution in [0.4, 0.5) is 0 Å². The van der Waals surface area contributed by atoms with E-state index in [4.69, 9.17) is 10.5 Å². The number of carbonyl (C=O) groups excluding carboxylic acids is 1. The van der Waals surface area contributed by atoms with Crippen LogP contribution in [-0.4, -0.2) is 31.7 Å². The summed E-state index contributed by atoms with van der Waals surface area (Å²) in [7, 11) is 1.76. The number of rotatable bonds is 7. The molecular formula is C13H27ClN2O2. The third-order valence-electron chi connectivity index (χ3n) is 4.33. The zero-order valence-corrected chi connectivity index (χ0v) is 12.5. The van der Waals surface area contributed by atoms with Gasteiger partial charge in [0.25, 0.3) is 0 Å². The van der Waals surface area contributed by atoms with Gasteiger partial charge < -0.3 is 15.8 Å². The number of hydrogen-bond acceptors (Lipinski definition) is 3. The van der Waals surface area contributed by atoms with Gasteiger partial charge in [-0.2, -0.15) is 0 Å². The van der Waals surface area contributed by atoms with Crippen LogP contribution >= 0.6 is 12.4 Å². The molecule has 4 nitrogen and oxygen atoms in total. The van der Waals surface area contributed by atoms with Crippen molar-refractivity contribution in [1.82, 2.24) is 5.32 Å². The molecule has 2 unspecified atom stereocenters. The van der Waals surface area contributed by atoms with Crippen LogP contribution in [0.25, 0.3) is 0 Å². The molecule has 0 aromatic rings. The lowest BCUT2D eigenvalue weighted by Crippen LogP contribution is -2.64. The largest absolute Gasteiger partial charge is 0.381 e. The summed E-state index contributed by atoms with van der Waals surface area (Å²) < 4.78 is 5.51. The first kappa shape index (κ1) is 17.7. The van der Waals surface area contributed by atoms with E-state index in [1.54, 1.807) is 7.11 Å². The fourth-order valence-electron chi connectivity index (χ4n) is 3.01. The maximum absolute atomic E-state index is 11.7. The van der Waals surface area contributed by atoms with Crippen LogP contribution in [0.2, 0.25) is 0 Å². The fourth-order valence-corrected chi connectivity index (χ4v) is 3.01. The summed E-state index contributed by atoms with van der Waals surface area (Å²) in [5.41, 5.74) is 5.54. The van der Waals surface area contributed by atoms with E-state index in [1.807, 2.05) is 0 Å². The number of hydrogen-bond donors (Lipinski definition) is 2. The van der Waals surface area contributed by atoms with E-state index in [-0.39, 0.29) is 35.9 Å². The number of ether oxygens (including phenoxy) is 1. The maximum Gasteiger partial charge on any atom is 0.220 e. The van der Waals surface area contributed by atoms with E-state index in [9.17, 15) is 4.79 Å². The average Bonchev–Trinajstić information content (AvgIpc) is 2.33. The van der Waals surface area contributed by atoms with Crippen LogP contribution in [-0.2, 0) is 9.53 Å². The van der Waals surface area contributed by atoms with Gasteiger partial charge in [0, 0.05) is 25.0 Å².